The summed E-state index contributed by atoms with van der Waals surface area (Å²) in [6.45, 7) is 6.30. The molecule has 0 aliphatic heterocycles. The van der Waals surface area contributed by atoms with Crippen LogP contribution in [-0.2, 0) is 4.79 Å². The molecule has 12 heavy (non-hydrogen) atoms. The van der Waals surface area contributed by atoms with E-state index >= 15 is 0 Å². The molecule has 0 aromatic rings. The fraction of sp³-hybridized carbons (Fsp3) is 0.875. The van der Waals surface area contributed by atoms with Gasteiger partial charge in [0.15, 0.2) is 0 Å². The van der Waals surface area contributed by atoms with Crippen molar-refractivity contribution in [1.82, 2.24) is 0 Å². The number of carbonyl (C=O) groups is 1. The van der Waals surface area contributed by atoms with Crippen LogP contribution in [0, 0.1) is 0 Å². The molecule has 0 aliphatic carbocycles. The zero-order valence-corrected chi connectivity index (χ0v) is 8.65. The predicted octanol–water partition coefficient (Wildman–Crippen LogP) is 1.32. The van der Waals surface area contributed by atoms with Gasteiger partial charge in [-0.25, -0.2) is 0 Å². The Balaban J connectivity index is 3.51. The minimum absolute atomic E-state index is 0.193. The molecule has 3 N–H and O–H groups in total. The van der Waals surface area contributed by atoms with Gasteiger partial charge >= 0.3 is 5.97 Å². The molecule has 1 atom stereocenters. The van der Waals surface area contributed by atoms with Crippen molar-refractivity contribution in [1.29, 1.82) is 0 Å². The van der Waals surface area contributed by atoms with Crippen LogP contribution in [0.5, 0.6) is 0 Å². The summed E-state index contributed by atoms with van der Waals surface area (Å²) in [6.07, 6.45) is 0.539. The zero-order valence-electron chi connectivity index (χ0n) is 7.83. The molecular formula is C8H17NO2S. The summed E-state index contributed by atoms with van der Waals surface area (Å²) in [4.78, 5) is 10.3. The van der Waals surface area contributed by atoms with E-state index in [4.69, 9.17) is 10.8 Å². The van der Waals surface area contributed by atoms with Gasteiger partial charge in [-0.1, -0.05) is 20.8 Å². The lowest BCUT2D eigenvalue weighted by atomic mass is 10.2. The van der Waals surface area contributed by atoms with E-state index in [-0.39, 0.29) is 4.75 Å². The highest BCUT2D eigenvalue weighted by molar-refractivity contribution is 8.00. The Morgan fingerprint density at radius 1 is 1.58 bits per heavy atom. The van der Waals surface area contributed by atoms with Gasteiger partial charge in [0, 0.05) is 4.75 Å². The Morgan fingerprint density at radius 3 is 2.42 bits per heavy atom. The largest absolute Gasteiger partial charge is 0.480 e. The molecule has 0 bridgehead atoms. The monoisotopic (exact) mass is 191 g/mol. The lowest BCUT2D eigenvalue weighted by Gasteiger charge is -2.17. The van der Waals surface area contributed by atoms with E-state index in [0.717, 1.165) is 5.75 Å². The molecule has 0 radical (unpaired) electrons. The lowest BCUT2D eigenvalue weighted by molar-refractivity contribution is -0.138. The maximum atomic E-state index is 10.3. The molecule has 4 heteroatoms. The third-order valence-corrected chi connectivity index (χ3v) is 2.59. The number of nitrogens with two attached hydrogens (primary N) is 1. The van der Waals surface area contributed by atoms with Crippen molar-refractivity contribution in [2.45, 2.75) is 38.0 Å². The maximum absolute atomic E-state index is 10.3. The van der Waals surface area contributed by atoms with Crippen LogP contribution < -0.4 is 5.73 Å². The second-order valence-corrected chi connectivity index (χ2v) is 5.62. The summed E-state index contributed by atoms with van der Waals surface area (Å²) in [5, 5.41) is 8.48. The van der Waals surface area contributed by atoms with Gasteiger partial charge in [-0.3, -0.25) is 4.79 Å². The molecule has 72 valence electrons. The number of hydrogen-bond donors (Lipinski definition) is 2. The Bertz CT molecular complexity index is 154. The number of carboxylic acid groups (broad SMARTS) is 1. The maximum Gasteiger partial charge on any atom is 0.320 e. The van der Waals surface area contributed by atoms with Gasteiger partial charge in [0.1, 0.15) is 6.04 Å². The van der Waals surface area contributed by atoms with Gasteiger partial charge in [-0.05, 0) is 12.2 Å². The molecule has 0 spiro atoms. The van der Waals surface area contributed by atoms with Gasteiger partial charge in [0.05, 0.1) is 0 Å². The highest BCUT2D eigenvalue weighted by Crippen LogP contribution is 2.23. The molecule has 0 saturated carbocycles. The molecule has 0 aliphatic rings. The summed E-state index contributed by atoms with van der Waals surface area (Å²) in [7, 11) is 0. The van der Waals surface area contributed by atoms with E-state index < -0.39 is 12.0 Å². The van der Waals surface area contributed by atoms with Crippen LogP contribution in [-0.4, -0.2) is 27.6 Å². The molecule has 0 aromatic heterocycles. The fourth-order valence-electron chi connectivity index (χ4n) is 0.616. The summed E-state index contributed by atoms with van der Waals surface area (Å²) >= 11 is 1.74. The minimum atomic E-state index is -0.912. The number of rotatable bonds is 4. The Morgan fingerprint density at radius 2 is 2.08 bits per heavy atom. The SMILES string of the molecule is CC(C)(C)SCC[C@H](N)C(=O)O. The average Bonchev–Trinajstić information content (AvgIpc) is 1.84. The third-order valence-electron chi connectivity index (χ3n) is 1.28. The third kappa shape index (κ3) is 6.49. The average molecular weight is 191 g/mol. The van der Waals surface area contributed by atoms with Gasteiger partial charge in [-0.2, -0.15) is 11.8 Å². The number of hydrogen-bond acceptors (Lipinski definition) is 3. The van der Waals surface area contributed by atoms with Crippen LogP contribution >= 0.6 is 11.8 Å². The second kappa shape index (κ2) is 4.72. The molecule has 0 saturated heterocycles. The minimum Gasteiger partial charge on any atom is -0.480 e. The van der Waals surface area contributed by atoms with Crippen LogP contribution in [0.2, 0.25) is 0 Å². The molecule has 0 heterocycles. The topological polar surface area (TPSA) is 63.3 Å². The Kier molecular flexibility index (Phi) is 4.63. The first-order valence-corrected chi connectivity index (χ1v) is 4.94. The molecule has 0 unspecified atom stereocenters. The van der Waals surface area contributed by atoms with Gasteiger partial charge < -0.3 is 10.8 Å². The molecule has 0 rings (SSSR count). The van der Waals surface area contributed by atoms with Crippen molar-refractivity contribution >= 4 is 17.7 Å². The smallest absolute Gasteiger partial charge is 0.320 e. The van der Waals surface area contributed by atoms with Gasteiger partial charge in [-0.15, -0.1) is 0 Å². The summed E-state index contributed by atoms with van der Waals surface area (Å²) in [5.41, 5.74) is 5.33. The van der Waals surface area contributed by atoms with Crippen LogP contribution in [0.1, 0.15) is 27.2 Å². The molecular weight excluding hydrogens is 174 g/mol. The first-order chi connectivity index (χ1) is 5.33. The number of thioether (sulfide) groups is 1. The lowest BCUT2D eigenvalue weighted by Crippen LogP contribution is -2.30. The van der Waals surface area contributed by atoms with Gasteiger partial charge in [0.25, 0.3) is 0 Å². The van der Waals surface area contributed by atoms with E-state index in [1.165, 1.54) is 0 Å². The van der Waals surface area contributed by atoms with E-state index in [2.05, 4.69) is 20.8 Å². The van der Waals surface area contributed by atoms with Crippen LogP contribution in [0.3, 0.4) is 0 Å². The molecule has 0 fully saturated rings. The first kappa shape index (κ1) is 11.8. The van der Waals surface area contributed by atoms with Crippen molar-refractivity contribution in [3.63, 3.8) is 0 Å². The highest BCUT2D eigenvalue weighted by atomic mass is 32.2. The molecule has 0 aromatic carbocycles. The van der Waals surface area contributed by atoms with Crippen molar-refractivity contribution in [3.05, 3.63) is 0 Å². The van der Waals surface area contributed by atoms with Crippen molar-refractivity contribution in [3.8, 4) is 0 Å². The van der Waals surface area contributed by atoms with E-state index in [0.29, 0.717) is 6.42 Å². The number of carboxylic acids is 1. The standard InChI is InChI=1S/C8H17NO2S/c1-8(2,3)12-5-4-6(9)7(10)11/h6H,4-5,9H2,1-3H3,(H,10,11)/t6-/m0/s1. The second-order valence-electron chi connectivity index (χ2n) is 3.69. The van der Waals surface area contributed by atoms with Crippen molar-refractivity contribution in [2.24, 2.45) is 5.73 Å². The highest BCUT2D eigenvalue weighted by Gasteiger charge is 2.14. The Hall–Kier alpha value is -0.220. The van der Waals surface area contributed by atoms with Gasteiger partial charge in [0.2, 0.25) is 0 Å². The van der Waals surface area contributed by atoms with E-state index in [1.54, 1.807) is 11.8 Å². The Labute approximate surface area is 77.7 Å². The molecule has 0 amide bonds. The van der Waals surface area contributed by atoms with Crippen LogP contribution in [0.15, 0.2) is 0 Å². The summed E-state index contributed by atoms with van der Waals surface area (Å²) in [6, 6.07) is -0.708. The van der Waals surface area contributed by atoms with Crippen molar-refractivity contribution in [2.75, 3.05) is 5.75 Å². The number of aliphatic carboxylic acids is 1. The quantitative estimate of drug-likeness (QED) is 0.703. The summed E-state index contributed by atoms with van der Waals surface area (Å²) in [5.74, 6) is -0.110. The van der Waals surface area contributed by atoms with Crippen LogP contribution in [0.25, 0.3) is 0 Å². The van der Waals surface area contributed by atoms with E-state index in [1.807, 2.05) is 0 Å². The normalized spacial score (nSPS) is 14.3. The zero-order chi connectivity index (χ0) is 9.78. The summed E-state index contributed by atoms with van der Waals surface area (Å²) < 4.78 is 0.193. The predicted molar refractivity (Wildman–Crippen MR) is 52.4 cm³/mol. The van der Waals surface area contributed by atoms with Crippen LogP contribution in [0.4, 0.5) is 0 Å². The molecule has 3 nitrogen and oxygen atoms in total. The van der Waals surface area contributed by atoms with E-state index in [9.17, 15) is 4.79 Å². The first-order valence-electron chi connectivity index (χ1n) is 3.95. The van der Waals surface area contributed by atoms with Crippen molar-refractivity contribution < 1.29 is 9.90 Å². The fourth-order valence-corrected chi connectivity index (χ4v) is 1.60.